The molecule has 1 N–H and O–H groups in total. The molecule has 0 aromatic rings. The normalized spacial score (nSPS) is 12.8. The topological polar surface area (TPSA) is 38.3 Å². The second-order valence-electron chi connectivity index (χ2n) is 4.15. The Balaban J connectivity index is 3.81. The molecule has 1 atom stereocenters. The van der Waals surface area contributed by atoms with Crippen LogP contribution in [-0.2, 0) is 4.74 Å². The van der Waals surface area contributed by atoms with Crippen molar-refractivity contribution in [1.82, 2.24) is 5.32 Å². The molecule has 0 aliphatic heterocycles. The highest BCUT2D eigenvalue weighted by Crippen LogP contribution is 2.06. The fourth-order valence-electron chi connectivity index (χ4n) is 0.842. The SMILES string of the molecule is C#CC(CC)CNC(=O)OC(C)(C)C. The van der Waals surface area contributed by atoms with Gasteiger partial charge < -0.3 is 10.1 Å². The van der Waals surface area contributed by atoms with Crippen LogP contribution in [0.3, 0.4) is 0 Å². The third-order valence-electron chi connectivity index (χ3n) is 1.62. The number of hydrogen-bond donors (Lipinski definition) is 1. The largest absolute Gasteiger partial charge is 0.444 e. The summed E-state index contributed by atoms with van der Waals surface area (Å²) in [5, 5.41) is 2.64. The predicted octanol–water partition coefficient (Wildman–Crippen LogP) is 2.17. The minimum atomic E-state index is -0.456. The Bertz CT molecular complexity index is 222. The van der Waals surface area contributed by atoms with Gasteiger partial charge in [-0.1, -0.05) is 6.92 Å². The molecule has 0 spiro atoms. The first kappa shape index (κ1) is 12.8. The van der Waals surface area contributed by atoms with Crippen molar-refractivity contribution >= 4 is 6.09 Å². The van der Waals surface area contributed by atoms with Crippen LogP contribution in [0.5, 0.6) is 0 Å². The second kappa shape index (κ2) is 5.54. The molecule has 14 heavy (non-hydrogen) atoms. The van der Waals surface area contributed by atoms with Gasteiger partial charge in [-0.3, -0.25) is 0 Å². The summed E-state index contributed by atoms with van der Waals surface area (Å²) in [6.07, 6.45) is 5.70. The second-order valence-corrected chi connectivity index (χ2v) is 4.15. The molecule has 0 heterocycles. The van der Waals surface area contributed by atoms with Crippen molar-refractivity contribution in [2.24, 2.45) is 5.92 Å². The van der Waals surface area contributed by atoms with Gasteiger partial charge in [-0.2, -0.15) is 0 Å². The first-order valence-corrected chi connectivity index (χ1v) is 4.82. The third kappa shape index (κ3) is 6.36. The fourth-order valence-corrected chi connectivity index (χ4v) is 0.842. The summed E-state index contributed by atoms with van der Waals surface area (Å²) in [4.78, 5) is 11.2. The van der Waals surface area contributed by atoms with Gasteiger partial charge in [0, 0.05) is 12.5 Å². The van der Waals surface area contributed by atoms with Crippen LogP contribution in [0.25, 0.3) is 0 Å². The van der Waals surface area contributed by atoms with Gasteiger partial charge in [-0.25, -0.2) is 4.79 Å². The minimum absolute atomic E-state index is 0.0857. The number of carbonyl (C=O) groups excluding carboxylic acids is 1. The summed E-state index contributed by atoms with van der Waals surface area (Å²) >= 11 is 0. The van der Waals surface area contributed by atoms with E-state index in [1.807, 2.05) is 27.7 Å². The maximum atomic E-state index is 11.2. The molecule has 0 aromatic carbocycles. The van der Waals surface area contributed by atoms with Crippen molar-refractivity contribution in [2.45, 2.75) is 39.7 Å². The predicted molar refractivity (Wildman–Crippen MR) is 56.9 cm³/mol. The minimum Gasteiger partial charge on any atom is -0.444 e. The van der Waals surface area contributed by atoms with Crippen LogP contribution < -0.4 is 5.32 Å². The van der Waals surface area contributed by atoms with Crippen LogP contribution in [0.1, 0.15) is 34.1 Å². The van der Waals surface area contributed by atoms with Crippen LogP contribution in [0.15, 0.2) is 0 Å². The Kier molecular flexibility index (Phi) is 5.07. The molecular weight excluding hydrogens is 178 g/mol. The van der Waals surface area contributed by atoms with E-state index in [9.17, 15) is 4.79 Å². The van der Waals surface area contributed by atoms with Crippen LogP contribution in [0.2, 0.25) is 0 Å². The van der Waals surface area contributed by atoms with E-state index in [0.29, 0.717) is 6.54 Å². The summed E-state index contributed by atoms with van der Waals surface area (Å²) in [7, 11) is 0. The maximum absolute atomic E-state index is 11.2. The van der Waals surface area contributed by atoms with E-state index in [1.165, 1.54) is 0 Å². The molecule has 3 nitrogen and oxygen atoms in total. The first-order valence-electron chi connectivity index (χ1n) is 4.82. The number of terminal acetylenes is 1. The van der Waals surface area contributed by atoms with E-state index in [2.05, 4.69) is 11.2 Å². The van der Waals surface area contributed by atoms with E-state index >= 15 is 0 Å². The number of nitrogens with one attached hydrogen (secondary N) is 1. The van der Waals surface area contributed by atoms with Gasteiger partial charge in [0.25, 0.3) is 0 Å². The summed E-state index contributed by atoms with van der Waals surface area (Å²) in [6.45, 7) is 7.93. The molecule has 1 unspecified atom stereocenters. The number of amides is 1. The number of rotatable bonds is 3. The van der Waals surface area contributed by atoms with Crippen LogP contribution in [0.4, 0.5) is 4.79 Å². The highest BCUT2D eigenvalue weighted by Gasteiger charge is 2.16. The molecular formula is C11H19NO2. The summed E-state index contributed by atoms with van der Waals surface area (Å²) in [5.41, 5.74) is -0.456. The van der Waals surface area contributed by atoms with Gasteiger partial charge in [-0.15, -0.1) is 12.3 Å². The molecule has 0 saturated carbocycles. The molecule has 0 rings (SSSR count). The van der Waals surface area contributed by atoms with Crippen molar-refractivity contribution in [1.29, 1.82) is 0 Å². The lowest BCUT2D eigenvalue weighted by Gasteiger charge is -2.20. The monoisotopic (exact) mass is 197 g/mol. The van der Waals surface area contributed by atoms with E-state index in [1.54, 1.807) is 0 Å². The molecule has 0 aromatic heterocycles. The first-order chi connectivity index (χ1) is 6.39. The van der Waals surface area contributed by atoms with Gasteiger partial charge in [0.1, 0.15) is 5.60 Å². The third-order valence-corrected chi connectivity index (χ3v) is 1.62. The van der Waals surface area contributed by atoms with Crippen molar-refractivity contribution in [3.8, 4) is 12.3 Å². The van der Waals surface area contributed by atoms with Gasteiger partial charge in [0.15, 0.2) is 0 Å². The molecule has 3 heteroatoms. The van der Waals surface area contributed by atoms with Crippen molar-refractivity contribution < 1.29 is 9.53 Å². The van der Waals surface area contributed by atoms with E-state index in [-0.39, 0.29) is 5.92 Å². The van der Waals surface area contributed by atoms with Crippen LogP contribution >= 0.6 is 0 Å². The summed E-state index contributed by atoms with van der Waals surface area (Å²) in [5.74, 6) is 2.69. The molecule has 0 aliphatic rings. The maximum Gasteiger partial charge on any atom is 0.407 e. The quantitative estimate of drug-likeness (QED) is 0.704. The van der Waals surface area contributed by atoms with E-state index < -0.39 is 11.7 Å². The molecule has 0 aliphatic carbocycles. The number of hydrogen-bond acceptors (Lipinski definition) is 2. The van der Waals surface area contributed by atoms with Crippen molar-refractivity contribution in [2.75, 3.05) is 6.54 Å². The van der Waals surface area contributed by atoms with Gasteiger partial charge in [-0.05, 0) is 27.2 Å². The Morgan fingerprint density at radius 2 is 2.14 bits per heavy atom. The van der Waals surface area contributed by atoms with Crippen LogP contribution in [0, 0.1) is 18.3 Å². The number of carbonyl (C=O) groups is 1. The number of ether oxygens (including phenoxy) is 1. The zero-order valence-corrected chi connectivity index (χ0v) is 9.39. The summed E-state index contributed by atoms with van der Waals surface area (Å²) < 4.78 is 5.06. The molecule has 0 bridgehead atoms. The zero-order chi connectivity index (χ0) is 11.2. The smallest absolute Gasteiger partial charge is 0.407 e. The highest BCUT2D eigenvalue weighted by molar-refractivity contribution is 5.67. The molecule has 0 radical (unpaired) electrons. The average molecular weight is 197 g/mol. The van der Waals surface area contributed by atoms with E-state index in [4.69, 9.17) is 11.2 Å². The zero-order valence-electron chi connectivity index (χ0n) is 9.39. The van der Waals surface area contributed by atoms with Crippen LogP contribution in [-0.4, -0.2) is 18.2 Å². The Morgan fingerprint density at radius 3 is 2.50 bits per heavy atom. The van der Waals surface area contributed by atoms with Gasteiger partial charge >= 0.3 is 6.09 Å². The van der Waals surface area contributed by atoms with Gasteiger partial charge in [0.2, 0.25) is 0 Å². The van der Waals surface area contributed by atoms with E-state index in [0.717, 1.165) is 6.42 Å². The fraction of sp³-hybridized carbons (Fsp3) is 0.727. The lowest BCUT2D eigenvalue weighted by atomic mass is 10.1. The standard InChI is InChI=1S/C11H19NO2/c1-6-9(7-2)8-12-10(13)14-11(3,4)5/h1,9H,7-8H2,2-5H3,(H,12,13). The Labute approximate surface area is 86.2 Å². The molecule has 0 saturated heterocycles. The Hall–Kier alpha value is -1.17. The van der Waals surface area contributed by atoms with Crippen molar-refractivity contribution in [3.05, 3.63) is 0 Å². The molecule has 1 amide bonds. The Morgan fingerprint density at radius 1 is 1.57 bits per heavy atom. The highest BCUT2D eigenvalue weighted by atomic mass is 16.6. The van der Waals surface area contributed by atoms with Crippen molar-refractivity contribution in [3.63, 3.8) is 0 Å². The average Bonchev–Trinajstić information content (AvgIpc) is 2.03. The molecule has 0 fully saturated rings. The van der Waals surface area contributed by atoms with Gasteiger partial charge in [0.05, 0.1) is 0 Å². The lowest BCUT2D eigenvalue weighted by molar-refractivity contribution is 0.0523. The summed E-state index contributed by atoms with van der Waals surface area (Å²) in [6, 6.07) is 0. The number of alkyl carbamates (subject to hydrolysis) is 1. The molecule has 80 valence electrons. The lowest BCUT2D eigenvalue weighted by Crippen LogP contribution is -2.34.